The van der Waals surface area contributed by atoms with Crippen LogP contribution in [0.2, 0.25) is 0 Å². The van der Waals surface area contributed by atoms with Gasteiger partial charge in [0.1, 0.15) is 17.3 Å². The van der Waals surface area contributed by atoms with E-state index < -0.39 is 0 Å². The molecule has 0 N–H and O–H groups in total. The lowest BCUT2D eigenvalue weighted by Crippen LogP contribution is -1.90. The molecule has 0 aliphatic heterocycles. The van der Waals surface area contributed by atoms with Crippen LogP contribution in [0.1, 0.15) is 11.1 Å². The van der Waals surface area contributed by atoms with Gasteiger partial charge in [-0.3, -0.25) is 0 Å². The minimum Gasteiger partial charge on any atom is -0.457 e. The number of alkyl halides is 1. The maximum atomic E-state index is 13.1. The lowest BCUT2D eigenvalue weighted by atomic mass is 10.2. The Hall–Kier alpha value is -1.35. The second-order valence-electron chi connectivity index (χ2n) is 3.75. The van der Waals surface area contributed by atoms with Crippen LogP contribution in [-0.4, -0.2) is 0 Å². The average Bonchev–Trinajstić information content (AvgIpc) is 2.34. The van der Waals surface area contributed by atoms with E-state index in [0.29, 0.717) is 11.3 Å². The van der Waals surface area contributed by atoms with E-state index in [1.807, 2.05) is 24.3 Å². The van der Waals surface area contributed by atoms with Crippen molar-refractivity contribution in [3.63, 3.8) is 0 Å². The van der Waals surface area contributed by atoms with Gasteiger partial charge in [-0.2, -0.15) is 0 Å². The fraction of sp³-hybridized carbons (Fsp3) is 0.143. The van der Waals surface area contributed by atoms with E-state index in [9.17, 15) is 4.39 Å². The van der Waals surface area contributed by atoms with Crippen molar-refractivity contribution >= 4 is 15.9 Å². The fourth-order valence-corrected chi connectivity index (χ4v) is 1.98. The molecular weight excluding hydrogens is 283 g/mol. The van der Waals surface area contributed by atoms with Gasteiger partial charge in [0, 0.05) is 10.9 Å². The van der Waals surface area contributed by atoms with Crippen LogP contribution in [0.25, 0.3) is 0 Å². The highest BCUT2D eigenvalue weighted by atomic mass is 79.9. The van der Waals surface area contributed by atoms with Gasteiger partial charge in [0.15, 0.2) is 0 Å². The van der Waals surface area contributed by atoms with E-state index in [1.165, 1.54) is 6.07 Å². The molecule has 0 fully saturated rings. The van der Waals surface area contributed by atoms with Gasteiger partial charge in [0.25, 0.3) is 0 Å². The molecule has 2 rings (SSSR count). The summed E-state index contributed by atoms with van der Waals surface area (Å²) in [5.74, 6) is 1.22. The summed E-state index contributed by atoms with van der Waals surface area (Å²) >= 11 is 3.41. The smallest absolute Gasteiger partial charge is 0.131 e. The molecule has 0 amide bonds. The molecule has 2 aromatic rings. The van der Waals surface area contributed by atoms with Crippen molar-refractivity contribution in [2.75, 3.05) is 0 Å². The van der Waals surface area contributed by atoms with E-state index in [-0.39, 0.29) is 5.82 Å². The summed E-state index contributed by atoms with van der Waals surface area (Å²) in [4.78, 5) is 0. The van der Waals surface area contributed by atoms with Gasteiger partial charge < -0.3 is 4.74 Å². The van der Waals surface area contributed by atoms with Crippen LogP contribution in [0.3, 0.4) is 0 Å². The summed E-state index contributed by atoms with van der Waals surface area (Å²) in [6, 6.07) is 12.5. The lowest BCUT2D eigenvalue weighted by molar-refractivity contribution is 0.476. The van der Waals surface area contributed by atoms with Crippen molar-refractivity contribution < 1.29 is 9.13 Å². The van der Waals surface area contributed by atoms with Crippen LogP contribution in [0.5, 0.6) is 11.5 Å². The standard InChI is InChI=1S/C14H12BrFO/c1-10-8-12(6-7-13(10)16)17-14-5-3-2-4-11(14)9-15/h2-8H,9H2,1H3. The van der Waals surface area contributed by atoms with Gasteiger partial charge in [-0.15, -0.1) is 0 Å². The molecule has 0 spiro atoms. The Bertz CT molecular complexity index is 525. The molecule has 0 bridgehead atoms. The molecule has 17 heavy (non-hydrogen) atoms. The minimum absolute atomic E-state index is 0.217. The SMILES string of the molecule is Cc1cc(Oc2ccccc2CBr)ccc1F. The number of hydrogen-bond acceptors (Lipinski definition) is 1. The summed E-state index contributed by atoms with van der Waals surface area (Å²) < 4.78 is 18.9. The first-order valence-corrected chi connectivity index (χ1v) is 6.40. The molecule has 0 atom stereocenters. The quantitative estimate of drug-likeness (QED) is 0.737. The molecule has 0 saturated carbocycles. The third-order valence-corrected chi connectivity index (χ3v) is 3.08. The molecule has 2 aromatic carbocycles. The Labute approximate surface area is 108 Å². The molecule has 0 aliphatic rings. The maximum Gasteiger partial charge on any atom is 0.131 e. The molecule has 0 saturated heterocycles. The van der Waals surface area contributed by atoms with Crippen LogP contribution >= 0.6 is 15.9 Å². The van der Waals surface area contributed by atoms with Crippen molar-refractivity contribution in [1.29, 1.82) is 0 Å². The Kier molecular flexibility index (Phi) is 3.79. The summed E-state index contributed by atoms with van der Waals surface area (Å²) in [7, 11) is 0. The largest absolute Gasteiger partial charge is 0.457 e. The first kappa shape index (κ1) is 12.1. The summed E-state index contributed by atoms with van der Waals surface area (Å²) in [6.45, 7) is 1.72. The third kappa shape index (κ3) is 2.86. The van der Waals surface area contributed by atoms with Crippen molar-refractivity contribution in [1.82, 2.24) is 0 Å². The normalized spacial score (nSPS) is 10.3. The van der Waals surface area contributed by atoms with E-state index in [4.69, 9.17) is 4.74 Å². The van der Waals surface area contributed by atoms with Crippen molar-refractivity contribution in [2.24, 2.45) is 0 Å². The Morgan fingerprint density at radius 1 is 1.18 bits per heavy atom. The number of rotatable bonds is 3. The number of para-hydroxylation sites is 1. The Balaban J connectivity index is 2.28. The topological polar surface area (TPSA) is 9.23 Å². The number of ether oxygens (including phenoxy) is 1. The third-order valence-electron chi connectivity index (χ3n) is 2.47. The Morgan fingerprint density at radius 3 is 2.65 bits per heavy atom. The van der Waals surface area contributed by atoms with E-state index in [0.717, 1.165) is 16.6 Å². The van der Waals surface area contributed by atoms with Crippen LogP contribution in [0.15, 0.2) is 42.5 Å². The monoisotopic (exact) mass is 294 g/mol. The zero-order valence-corrected chi connectivity index (χ0v) is 11.0. The van der Waals surface area contributed by atoms with E-state index in [1.54, 1.807) is 19.1 Å². The van der Waals surface area contributed by atoms with Gasteiger partial charge >= 0.3 is 0 Å². The lowest BCUT2D eigenvalue weighted by Gasteiger charge is -2.10. The van der Waals surface area contributed by atoms with Gasteiger partial charge in [0.2, 0.25) is 0 Å². The van der Waals surface area contributed by atoms with Gasteiger partial charge in [-0.25, -0.2) is 4.39 Å². The maximum absolute atomic E-state index is 13.1. The second-order valence-corrected chi connectivity index (χ2v) is 4.32. The summed E-state index contributed by atoms with van der Waals surface area (Å²) in [6.07, 6.45) is 0. The van der Waals surface area contributed by atoms with Crippen LogP contribution in [-0.2, 0) is 5.33 Å². The predicted molar refractivity (Wildman–Crippen MR) is 70.3 cm³/mol. The molecule has 0 heterocycles. The second kappa shape index (κ2) is 5.32. The van der Waals surface area contributed by atoms with Gasteiger partial charge in [-0.05, 0) is 36.8 Å². The molecule has 0 unspecified atom stereocenters. The zero-order valence-electron chi connectivity index (χ0n) is 9.41. The minimum atomic E-state index is -0.217. The van der Waals surface area contributed by atoms with E-state index in [2.05, 4.69) is 15.9 Å². The molecule has 1 nitrogen and oxygen atoms in total. The number of hydrogen-bond donors (Lipinski definition) is 0. The van der Waals surface area contributed by atoms with Crippen molar-refractivity contribution in [3.8, 4) is 11.5 Å². The molecule has 3 heteroatoms. The fourth-order valence-electron chi connectivity index (χ4n) is 1.52. The first-order valence-electron chi connectivity index (χ1n) is 5.28. The van der Waals surface area contributed by atoms with Crippen LogP contribution in [0.4, 0.5) is 4.39 Å². The van der Waals surface area contributed by atoms with Gasteiger partial charge in [-0.1, -0.05) is 34.1 Å². The van der Waals surface area contributed by atoms with Crippen LogP contribution in [0, 0.1) is 12.7 Å². The molecule has 0 radical (unpaired) electrons. The predicted octanol–water partition coefficient (Wildman–Crippen LogP) is 4.82. The van der Waals surface area contributed by atoms with Crippen molar-refractivity contribution in [2.45, 2.75) is 12.3 Å². The zero-order chi connectivity index (χ0) is 12.3. The van der Waals surface area contributed by atoms with Crippen LogP contribution < -0.4 is 4.74 Å². The number of benzene rings is 2. The number of halogens is 2. The van der Waals surface area contributed by atoms with E-state index >= 15 is 0 Å². The Morgan fingerprint density at radius 2 is 1.94 bits per heavy atom. The average molecular weight is 295 g/mol. The molecular formula is C14H12BrFO. The molecule has 0 aromatic heterocycles. The first-order chi connectivity index (χ1) is 8.20. The highest BCUT2D eigenvalue weighted by Gasteiger charge is 2.04. The summed E-state index contributed by atoms with van der Waals surface area (Å²) in [5.41, 5.74) is 1.65. The summed E-state index contributed by atoms with van der Waals surface area (Å²) in [5, 5.41) is 0.726. The van der Waals surface area contributed by atoms with Gasteiger partial charge in [0.05, 0.1) is 0 Å². The highest BCUT2D eigenvalue weighted by molar-refractivity contribution is 9.08. The molecule has 88 valence electrons. The highest BCUT2D eigenvalue weighted by Crippen LogP contribution is 2.27. The number of aryl methyl sites for hydroxylation is 1. The van der Waals surface area contributed by atoms with Crippen molar-refractivity contribution in [3.05, 3.63) is 59.4 Å². The molecule has 0 aliphatic carbocycles.